The zero-order valence-electron chi connectivity index (χ0n) is 19.5. The molecule has 184 valence electrons. The molecule has 1 N–H and O–H groups in total. The van der Waals surface area contributed by atoms with Crippen molar-refractivity contribution in [2.45, 2.75) is 39.2 Å². The van der Waals surface area contributed by atoms with E-state index < -0.39 is 5.91 Å². The lowest BCUT2D eigenvalue weighted by atomic mass is 10.1. The number of aromatic nitrogens is 2. The number of carbonyl (C=O) groups excluding carboxylic acids is 3. The van der Waals surface area contributed by atoms with Gasteiger partial charge in [-0.05, 0) is 48.9 Å². The number of hydrogen-bond donors (Lipinski definition) is 1. The van der Waals surface area contributed by atoms with Gasteiger partial charge in [0.25, 0.3) is 11.1 Å². The van der Waals surface area contributed by atoms with E-state index in [2.05, 4.69) is 15.3 Å². The lowest BCUT2D eigenvalue weighted by molar-refractivity contribution is -0.115. The summed E-state index contributed by atoms with van der Waals surface area (Å²) in [6.45, 7) is 5.35. The van der Waals surface area contributed by atoms with Gasteiger partial charge >= 0.3 is 6.09 Å². The molecule has 35 heavy (non-hydrogen) atoms. The Kier molecular flexibility index (Phi) is 7.86. The van der Waals surface area contributed by atoms with Crippen LogP contribution in [0, 0.1) is 6.92 Å². The average Bonchev–Trinajstić information content (AvgIpc) is 3.18. The zero-order valence-corrected chi connectivity index (χ0v) is 20.3. The summed E-state index contributed by atoms with van der Waals surface area (Å²) >= 11 is 0.871. The minimum absolute atomic E-state index is 0.0727. The van der Waals surface area contributed by atoms with Gasteiger partial charge in [-0.1, -0.05) is 19.1 Å². The maximum Gasteiger partial charge on any atom is 0.409 e. The molecular weight excluding hydrogens is 472 g/mol. The molecule has 11 heteroatoms. The van der Waals surface area contributed by atoms with E-state index in [1.807, 2.05) is 13.8 Å². The molecule has 2 aromatic rings. The van der Waals surface area contributed by atoms with E-state index in [1.54, 1.807) is 35.2 Å². The van der Waals surface area contributed by atoms with Gasteiger partial charge < -0.3 is 19.1 Å². The Morgan fingerprint density at radius 2 is 1.89 bits per heavy atom. The van der Waals surface area contributed by atoms with Crippen molar-refractivity contribution in [1.82, 2.24) is 20.2 Å². The smallest absolute Gasteiger partial charge is 0.409 e. The number of hydrogen-bond acceptors (Lipinski definition) is 9. The normalized spacial score (nSPS) is 17.4. The Labute approximate surface area is 207 Å². The third-order valence-corrected chi connectivity index (χ3v) is 6.24. The molecule has 0 aliphatic carbocycles. The van der Waals surface area contributed by atoms with Crippen LogP contribution in [0.4, 0.5) is 9.59 Å². The predicted octanol–water partition coefficient (Wildman–Crippen LogP) is 4.29. The van der Waals surface area contributed by atoms with Gasteiger partial charge in [-0.15, -0.1) is 0 Å². The summed E-state index contributed by atoms with van der Waals surface area (Å²) < 4.78 is 17.2. The monoisotopic (exact) mass is 498 g/mol. The second kappa shape index (κ2) is 11.2. The molecule has 4 rings (SSSR count). The molecule has 0 radical (unpaired) electrons. The van der Waals surface area contributed by atoms with Crippen LogP contribution in [0.1, 0.15) is 37.3 Å². The highest BCUT2D eigenvalue weighted by molar-refractivity contribution is 8.18. The quantitative estimate of drug-likeness (QED) is 0.557. The number of likely N-dealkylation sites (tertiary alicyclic amines) is 1. The molecule has 3 amide bonds. The first kappa shape index (κ1) is 24.5. The molecule has 10 nitrogen and oxygen atoms in total. The zero-order chi connectivity index (χ0) is 24.8. The molecular formula is C24H26N4O6S. The molecule has 2 saturated heterocycles. The van der Waals surface area contributed by atoms with E-state index in [1.165, 1.54) is 6.33 Å². The van der Waals surface area contributed by atoms with Crippen molar-refractivity contribution < 1.29 is 28.6 Å². The summed E-state index contributed by atoms with van der Waals surface area (Å²) in [4.78, 5) is 45.6. The topological polar surface area (TPSA) is 120 Å². The van der Waals surface area contributed by atoms with Crippen molar-refractivity contribution >= 4 is 35.1 Å². The van der Waals surface area contributed by atoms with Crippen molar-refractivity contribution in [3.63, 3.8) is 0 Å². The molecule has 0 bridgehead atoms. The van der Waals surface area contributed by atoms with E-state index in [0.717, 1.165) is 23.7 Å². The van der Waals surface area contributed by atoms with Crippen LogP contribution in [-0.2, 0) is 9.53 Å². The first-order chi connectivity index (χ1) is 16.9. The van der Waals surface area contributed by atoms with Gasteiger partial charge in [-0.2, -0.15) is 0 Å². The fraction of sp³-hybridized carbons (Fsp3) is 0.375. The number of carbonyl (C=O) groups is 3. The molecule has 2 aliphatic rings. The van der Waals surface area contributed by atoms with E-state index in [4.69, 9.17) is 14.2 Å². The van der Waals surface area contributed by atoms with Crippen molar-refractivity contribution in [2.75, 3.05) is 19.7 Å². The molecule has 3 heterocycles. The number of imide groups is 1. The summed E-state index contributed by atoms with van der Waals surface area (Å²) in [7, 11) is 0. The van der Waals surface area contributed by atoms with E-state index >= 15 is 0 Å². The van der Waals surface area contributed by atoms with Gasteiger partial charge in [0.2, 0.25) is 11.8 Å². The highest BCUT2D eigenvalue weighted by Gasteiger charge is 2.26. The lowest BCUT2D eigenvalue weighted by Gasteiger charge is -2.31. The minimum Gasteiger partial charge on any atom is -0.474 e. The van der Waals surface area contributed by atoms with Gasteiger partial charge in [0.1, 0.15) is 18.2 Å². The molecule has 0 atom stereocenters. The van der Waals surface area contributed by atoms with E-state index in [0.29, 0.717) is 60.5 Å². The van der Waals surface area contributed by atoms with Crippen LogP contribution in [0.2, 0.25) is 0 Å². The first-order valence-electron chi connectivity index (χ1n) is 11.4. The molecule has 0 unspecified atom stereocenters. The van der Waals surface area contributed by atoms with Crippen molar-refractivity contribution in [2.24, 2.45) is 0 Å². The van der Waals surface area contributed by atoms with Gasteiger partial charge in [0, 0.05) is 25.9 Å². The van der Waals surface area contributed by atoms with Crippen LogP contribution >= 0.6 is 11.8 Å². The first-order valence-corrected chi connectivity index (χ1v) is 12.2. The van der Waals surface area contributed by atoms with Crippen LogP contribution in [0.3, 0.4) is 0 Å². The Balaban J connectivity index is 1.35. The largest absolute Gasteiger partial charge is 0.474 e. The summed E-state index contributed by atoms with van der Waals surface area (Å²) in [5.41, 5.74) is 1.43. The van der Waals surface area contributed by atoms with Crippen LogP contribution in [0.25, 0.3) is 6.08 Å². The molecule has 0 saturated carbocycles. The SMILES string of the molecule is CCCOC(=O)N1CCC(Oc2ncnc(Oc3ccc(/C=C4/SC(=O)NC4=O)cc3)c2C)CC1. The van der Waals surface area contributed by atoms with Crippen molar-refractivity contribution in [1.29, 1.82) is 0 Å². The molecule has 1 aromatic carbocycles. The maximum absolute atomic E-state index is 12.0. The molecule has 2 fully saturated rings. The number of thioether (sulfide) groups is 1. The number of rotatable bonds is 7. The average molecular weight is 499 g/mol. The standard InChI is InChI=1S/C24H26N4O6S/c1-3-12-32-24(31)28-10-8-18(9-11-28)34-22-15(2)21(25-14-26-22)33-17-6-4-16(5-7-17)13-19-20(29)27-23(30)35-19/h4-7,13-14,18H,3,8-12H2,1-2H3,(H,27,29,30)/b19-13+. The van der Waals surface area contributed by atoms with Crippen LogP contribution in [-0.4, -0.2) is 57.9 Å². The van der Waals surface area contributed by atoms with Gasteiger partial charge in [-0.3, -0.25) is 14.9 Å². The fourth-order valence-electron chi connectivity index (χ4n) is 3.55. The summed E-state index contributed by atoms with van der Waals surface area (Å²) in [6.07, 6.45) is 4.84. The summed E-state index contributed by atoms with van der Waals surface area (Å²) in [6, 6.07) is 7.07. The molecule has 2 aliphatic heterocycles. The summed E-state index contributed by atoms with van der Waals surface area (Å²) in [5, 5.41) is 1.85. The second-order valence-corrected chi connectivity index (χ2v) is 9.07. The highest BCUT2D eigenvalue weighted by atomic mass is 32.2. The Bertz CT molecular complexity index is 1130. The number of amides is 3. The van der Waals surface area contributed by atoms with Gasteiger partial charge in [0.15, 0.2) is 0 Å². The fourth-order valence-corrected chi connectivity index (χ4v) is 4.23. The second-order valence-electron chi connectivity index (χ2n) is 8.05. The van der Waals surface area contributed by atoms with Gasteiger partial charge in [0.05, 0.1) is 17.1 Å². The highest BCUT2D eigenvalue weighted by Crippen LogP contribution is 2.30. The summed E-state index contributed by atoms with van der Waals surface area (Å²) in [5.74, 6) is 0.972. The Hall–Kier alpha value is -3.60. The number of piperidine rings is 1. The van der Waals surface area contributed by atoms with Crippen LogP contribution in [0.5, 0.6) is 17.5 Å². The van der Waals surface area contributed by atoms with Crippen LogP contribution < -0.4 is 14.8 Å². The number of nitrogens with zero attached hydrogens (tertiary/aromatic N) is 3. The van der Waals surface area contributed by atoms with E-state index in [-0.39, 0.29) is 17.4 Å². The van der Waals surface area contributed by atoms with Crippen LogP contribution in [0.15, 0.2) is 35.5 Å². The predicted molar refractivity (Wildman–Crippen MR) is 129 cm³/mol. The number of nitrogens with one attached hydrogen (secondary N) is 1. The molecule has 1 aromatic heterocycles. The van der Waals surface area contributed by atoms with Gasteiger partial charge in [-0.25, -0.2) is 14.8 Å². The number of benzene rings is 1. The third kappa shape index (κ3) is 6.30. The Morgan fingerprint density at radius 3 is 2.54 bits per heavy atom. The lowest BCUT2D eigenvalue weighted by Crippen LogP contribution is -2.42. The molecule has 0 spiro atoms. The third-order valence-electron chi connectivity index (χ3n) is 5.43. The Morgan fingerprint density at radius 1 is 1.17 bits per heavy atom. The van der Waals surface area contributed by atoms with E-state index in [9.17, 15) is 14.4 Å². The minimum atomic E-state index is -0.397. The van der Waals surface area contributed by atoms with Crippen molar-refractivity contribution in [3.8, 4) is 17.5 Å². The number of ether oxygens (including phenoxy) is 3. The maximum atomic E-state index is 12.0. The van der Waals surface area contributed by atoms with Crippen molar-refractivity contribution in [3.05, 3.63) is 46.6 Å².